The van der Waals surface area contributed by atoms with Gasteiger partial charge in [-0.2, -0.15) is 4.80 Å². The van der Waals surface area contributed by atoms with Crippen molar-refractivity contribution in [3.8, 4) is 11.4 Å². The third kappa shape index (κ3) is 4.10. The molecular formula is C16H12Cl2N4O2. The van der Waals surface area contributed by atoms with E-state index in [1.807, 2.05) is 30.3 Å². The molecule has 0 N–H and O–H groups in total. The second kappa shape index (κ2) is 7.42. The van der Waals surface area contributed by atoms with Gasteiger partial charge in [0.1, 0.15) is 6.61 Å². The van der Waals surface area contributed by atoms with Crippen molar-refractivity contribution in [1.82, 2.24) is 20.2 Å². The minimum absolute atomic E-state index is 0.0507. The van der Waals surface area contributed by atoms with Gasteiger partial charge in [-0.15, -0.1) is 10.2 Å². The molecular weight excluding hydrogens is 351 g/mol. The zero-order chi connectivity index (χ0) is 16.9. The Balaban J connectivity index is 1.58. The predicted octanol–water partition coefficient (Wildman–Crippen LogP) is 3.39. The Hall–Kier alpha value is -2.44. The molecule has 24 heavy (non-hydrogen) atoms. The van der Waals surface area contributed by atoms with Gasteiger partial charge in [0.25, 0.3) is 0 Å². The normalized spacial score (nSPS) is 10.6. The largest absolute Gasteiger partial charge is 0.459 e. The molecule has 0 saturated heterocycles. The Morgan fingerprint density at radius 3 is 2.67 bits per heavy atom. The van der Waals surface area contributed by atoms with E-state index in [2.05, 4.69) is 15.4 Å². The number of hydrogen-bond acceptors (Lipinski definition) is 5. The molecule has 0 aliphatic rings. The SMILES string of the molecule is O=C(Cn1nnc(-c2ccccc2)n1)OCc1ccc(Cl)cc1Cl. The molecule has 8 heteroatoms. The molecule has 3 aromatic rings. The van der Waals surface area contributed by atoms with Crippen molar-refractivity contribution in [2.24, 2.45) is 0 Å². The van der Waals surface area contributed by atoms with Crippen LogP contribution in [0.4, 0.5) is 0 Å². The molecule has 0 aliphatic carbocycles. The lowest BCUT2D eigenvalue weighted by Crippen LogP contribution is -2.16. The molecule has 0 amide bonds. The second-order valence-electron chi connectivity index (χ2n) is 4.91. The Morgan fingerprint density at radius 2 is 1.92 bits per heavy atom. The van der Waals surface area contributed by atoms with Gasteiger partial charge in [-0.05, 0) is 17.3 Å². The second-order valence-corrected chi connectivity index (χ2v) is 5.75. The summed E-state index contributed by atoms with van der Waals surface area (Å²) in [7, 11) is 0. The van der Waals surface area contributed by atoms with E-state index >= 15 is 0 Å². The van der Waals surface area contributed by atoms with E-state index < -0.39 is 5.97 Å². The number of ether oxygens (including phenoxy) is 1. The highest BCUT2D eigenvalue weighted by atomic mass is 35.5. The summed E-state index contributed by atoms with van der Waals surface area (Å²) in [6.07, 6.45) is 0. The number of benzene rings is 2. The van der Waals surface area contributed by atoms with Gasteiger partial charge in [0.15, 0.2) is 6.54 Å². The van der Waals surface area contributed by atoms with Crippen molar-refractivity contribution >= 4 is 29.2 Å². The quantitative estimate of drug-likeness (QED) is 0.650. The third-order valence-corrected chi connectivity index (χ3v) is 3.75. The molecule has 6 nitrogen and oxygen atoms in total. The zero-order valence-corrected chi connectivity index (χ0v) is 13.9. The maximum atomic E-state index is 11.9. The standard InChI is InChI=1S/C16H12Cl2N4O2/c17-13-7-6-12(14(18)8-13)10-24-15(23)9-22-20-16(19-21-22)11-4-2-1-3-5-11/h1-8H,9-10H2. The minimum Gasteiger partial charge on any atom is -0.459 e. The summed E-state index contributed by atoms with van der Waals surface area (Å²) >= 11 is 11.8. The first-order chi connectivity index (χ1) is 11.6. The zero-order valence-electron chi connectivity index (χ0n) is 12.4. The first-order valence-corrected chi connectivity index (χ1v) is 7.80. The molecule has 0 spiro atoms. The number of hydrogen-bond donors (Lipinski definition) is 0. The molecule has 0 fully saturated rings. The summed E-state index contributed by atoms with van der Waals surface area (Å²) in [6, 6.07) is 14.4. The number of rotatable bonds is 5. The molecule has 0 radical (unpaired) electrons. The van der Waals surface area contributed by atoms with Crippen LogP contribution >= 0.6 is 23.2 Å². The third-order valence-electron chi connectivity index (χ3n) is 3.16. The summed E-state index contributed by atoms with van der Waals surface area (Å²) in [5, 5.41) is 12.9. The highest BCUT2D eigenvalue weighted by molar-refractivity contribution is 6.35. The van der Waals surface area contributed by atoms with Gasteiger partial charge in [-0.25, -0.2) is 4.79 Å². The van der Waals surface area contributed by atoms with Crippen LogP contribution in [-0.2, 0) is 22.7 Å². The fourth-order valence-electron chi connectivity index (χ4n) is 1.97. The summed E-state index contributed by atoms with van der Waals surface area (Å²) in [4.78, 5) is 13.1. The van der Waals surface area contributed by atoms with Crippen LogP contribution in [0.15, 0.2) is 48.5 Å². The molecule has 0 aliphatic heterocycles. The molecule has 0 saturated carbocycles. The first kappa shape index (κ1) is 16.4. The fraction of sp³-hybridized carbons (Fsp3) is 0.125. The Bertz CT molecular complexity index is 852. The molecule has 2 aromatic carbocycles. The van der Waals surface area contributed by atoms with Gasteiger partial charge in [-0.1, -0.05) is 59.6 Å². The van der Waals surface area contributed by atoms with Crippen LogP contribution in [0, 0.1) is 0 Å². The van der Waals surface area contributed by atoms with E-state index in [0.717, 1.165) is 5.56 Å². The monoisotopic (exact) mass is 362 g/mol. The summed E-state index contributed by atoms with van der Waals surface area (Å²) in [5.41, 5.74) is 1.50. The number of carbonyl (C=O) groups excluding carboxylic acids is 1. The van der Waals surface area contributed by atoms with Crippen molar-refractivity contribution in [2.75, 3.05) is 0 Å². The molecule has 1 aromatic heterocycles. The first-order valence-electron chi connectivity index (χ1n) is 7.04. The summed E-state index contributed by atoms with van der Waals surface area (Å²) in [6.45, 7) is -0.0832. The average Bonchev–Trinajstić information content (AvgIpc) is 3.03. The van der Waals surface area contributed by atoms with Crippen molar-refractivity contribution in [3.05, 3.63) is 64.1 Å². The number of nitrogens with zero attached hydrogens (tertiary/aromatic N) is 4. The van der Waals surface area contributed by atoms with Gasteiger partial charge >= 0.3 is 5.97 Å². The van der Waals surface area contributed by atoms with Crippen molar-refractivity contribution in [2.45, 2.75) is 13.2 Å². The van der Waals surface area contributed by atoms with E-state index in [1.165, 1.54) is 4.80 Å². The van der Waals surface area contributed by atoms with Crippen LogP contribution in [0.25, 0.3) is 11.4 Å². The Labute approximate surface area is 148 Å². The number of aromatic nitrogens is 4. The maximum Gasteiger partial charge on any atom is 0.330 e. The van der Waals surface area contributed by atoms with E-state index in [1.54, 1.807) is 18.2 Å². The van der Waals surface area contributed by atoms with Crippen LogP contribution in [-0.4, -0.2) is 26.2 Å². The Kier molecular flexibility index (Phi) is 5.08. The molecule has 0 bridgehead atoms. The Morgan fingerprint density at radius 1 is 1.12 bits per heavy atom. The van der Waals surface area contributed by atoms with Crippen molar-refractivity contribution in [3.63, 3.8) is 0 Å². The highest BCUT2D eigenvalue weighted by Gasteiger charge is 2.11. The summed E-state index contributed by atoms with van der Waals surface area (Å²) in [5.74, 6) is -0.0397. The van der Waals surface area contributed by atoms with E-state index in [0.29, 0.717) is 21.4 Å². The van der Waals surface area contributed by atoms with Gasteiger partial charge < -0.3 is 4.74 Å². The molecule has 0 unspecified atom stereocenters. The van der Waals surface area contributed by atoms with Crippen LogP contribution in [0.5, 0.6) is 0 Å². The average molecular weight is 363 g/mol. The van der Waals surface area contributed by atoms with E-state index in [9.17, 15) is 4.79 Å². The number of tetrazole rings is 1. The molecule has 3 rings (SSSR count). The van der Waals surface area contributed by atoms with Crippen LogP contribution in [0.1, 0.15) is 5.56 Å². The van der Waals surface area contributed by atoms with Gasteiger partial charge in [-0.3, -0.25) is 0 Å². The summed E-state index contributed by atoms with van der Waals surface area (Å²) < 4.78 is 5.17. The lowest BCUT2D eigenvalue weighted by molar-refractivity contribution is -0.146. The minimum atomic E-state index is -0.488. The highest BCUT2D eigenvalue weighted by Crippen LogP contribution is 2.21. The maximum absolute atomic E-state index is 11.9. The fourth-order valence-corrected chi connectivity index (χ4v) is 2.43. The predicted molar refractivity (Wildman–Crippen MR) is 89.5 cm³/mol. The topological polar surface area (TPSA) is 69.9 Å². The van der Waals surface area contributed by atoms with Crippen molar-refractivity contribution < 1.29 is 9.53 Å². The van der Waals surface area contributed by atoms with Crippen LogP contribution in [0.3, 0.4) is 0 Å². The molecule has 122 valence electrons. The van der Waals surface area contributed by atoms with Crippen molar-refractivity contribution in [1.29, 1.82) is 0 Å². The lowest BCUT2D eigenvalue weighted by Gasteiger charge is -2.06. The number of esters is 1. The number of carbonyl (C=O) groups is 1. The smallest absolute Gasteiger partial charge is 0.330 e. The van der Waals surface area contributed by atoms with Gasteiger partial charge in [0.2, 0.25) is 5.82 Å². The van der Waals surface area contributed by atoms with Gasteiger partial charge in [0.05, 0.1) is 0 Å². The van der Waals surface area contributed by atoms with Gasteiger partial charge in [0, 0.05) is 21.2 Å². The molecule has 0 atom stereocenters. The van der Waals surface area contributed by atoms with E-state index in [4.69, 9.17) is 27.9 Å². The number of halogens is 2. The molecule has 1 heterocycles. The lowest BCUT2D eigenvalue weighted by atomic mass is 10.2. The van der Waals surface area contributed by atoms with Crippen LogP contribution < -0.4 is 0 Å². The van der Waals surface area contributed by atoms with E-state index in [-0.39, 0.29) is 13.2 Å². The van der Waals surface area contributed by atoms with Crippen LogP contribution in [0.2, 0.25) is 10.0 Å².